The fraction of sp³-hybridized carbons (Fsp3) is 0.333. The molecule has 2 amide bonds. The molecular formula is C21H24N2O2. The maximum absolute atomic E-state index is 12.6. The van der Waals surface area contributed by atoms with Crippen molar-refractivity contribution in [3.63, 3.8) is 0 Å². The molecule has 25 heavy (non-hydrogen) atoms. The van der Waals surface area contributed by atoms with Crippen molar-refractivity contribution in [1.82, 2.24) is 4.90 Å². The molecule has 1 heterocycles. The zero-order chi connectivity index (χ0) is 17.8. The van der Waals surface area contributed by atoms with Crippen molar-refractivity contribution in [2.24, 2.45) is 5.92 Å². The maximum atomic E-state index is 12.6. The van der Waals surface area contributed by atoms with Crippen molar-refractivity contribution >= 4 is 17.5 Å². The molecule has 3 rings (SSSR count). The van der Waals surface area contributed by atoms with E-state index in [-0.39, 0.29) is 17.7 Å². The first kappa shape index (κ1) is 17.2. The van der Waals surface area contributed by atoms with Crippen molar-refractivity contribution in [3.05, 3.63) is 65.2 Å². The van der Waals surface area contributed by atoms with E-state index in [2.05, 4.69) is 5.32 Å². The predicted octanol–water partition coefficient (Wildman–Crippen LogP) is 3.79. The summed E-state index contributed by atoms with van der Waals surface area (Å²) in [5, 5.41) is 3.05. The number of hydrogen-bond acceptors (Lipinski definition) is 2. The van der Waals surface area contributed by atoms with Crippen LogP contribution >= 0.6 is 0 Å². The molecule has 0 saturated carbocycles. The topological polar surface area (TPSA) is 49.4 Å². The van der Waals surface area contributed by atoms with Crippen LogP contribution in [0.25, 0.3) is 0 Å². The van der Waals surface area contributed by atoms with Crippen LogP contribution in [0.1, 0.15) is 34.3 Å². The van der Waals surface area contributed by atoms with E-state index in [1.54, 1.807) is 0 Å². The van der Waals surface area contributed by atoms with Crippen LogP contribution in [-0.4, -0.2) is 29.8 Å². The second kappa shape index (κ2) is 7.51. The second-order valence-electron chi connectivity index (χ2n) is 6.67. The zero-order valence-corrected chi connectivity index (χ0v) is 14.8. The third-order valence-corrected chi connectivity index (χ3v) is 5.04. The van der Waals surface area contributed by atoms with E-state index in [4.69, 9.17) is 0 Å². The predicted molar refractivity (Wildman–Crippen MR) is 99.6 cm³/mol. The maximum Gasteiger partial charge on any atom is 0.253 e. The molecule has 0 bridgehead atoms. The van der Waals surface area contributed by atoms with Crippen LogP contribution in [-0.2, 0) is 4.79 Å². The number of aryl methyl sites for hydroxylation is 1. The Balaban J connectivity index is 1.58. The molecule has 0 aromatic heterocycles. The van der Waals surface area contributed by atoms with Gasteiger partial charge < -0.3 is 10.2 Å². The first-order chi connectivity index (χ1) is 12.1. The Kier molecular flexibility index (Phi) is 5.17. The van der Waals surface area contributed by atoms with Crippen molar-refractivity contribution in [2.75, 3.05) is 18.4 Å². The standard InChI is InChI=1S/C21H24N2O2/c1-15-7-6-10-19(16(15)2)22-20(24)17-11-13-23(14-12-17)21(25)18-8-4-3-5-9-18/h3-10,17H,11-14H2,1-2H3,(H,22,24). The fourth-order valence-electron chi connectivity index (χ4n) is 3.23. The molecule has 1 aliphatic heterocycles. The number of carbonyl (C=O) groups is 2. The van der Waals surface area contributed by atoms with Gasteiger partial charge in [0.1, 0.15) is 0 Å². The summed E-state index contributed by atoms with van der Waals surface area (Å²) in [5.74, 6) is 0.0641. The minimum Gasteiger partial charge on any atom is -0.339 e. The number of nitrogens with zero attached hydrogens (tertiary/aromatic N) is 1. The molecule has 2 aromatic rings. The first-order valence-corrected chi connectivity index (χ1v) is 8.77. The average Bonchev–Trinajstić information content (AvgIpc) is 2.65. The molecule has 4 heteroatoms. The summed E-state index contributed by atoms with van der Waals surface area (Å²) in [4.78, 5) is 26.9. The highest BCUT2D eigenvalue weighted by atomic mass is 16.2. The van der Waals surface area contributed by atoms with Crippen LogP contribution in [0.4, 0.5) is 5.69 Å². The molecule has 2 aromatic carbocycles. The summed E-state index contributed by atoms with van der Waals surface area (Å²) < 4.78 is 0. The number of benzene rings is 2. The molecule has 1 aliphatic rings. The number of carbonyl (C=O) groups excluding carboxylic acids is 2. The minimum atomic E-state index is -0.0419. The van der Waals surface area contributed by atoms with Crippen LogP contribution in [0.2, 0.25) is 0 Å². The van der Waals surface area contributed by atoms with Crippen LogP contribution < -0.4 is 5.32 Å². The van der Waals surface area contributed by atoms with Gasteiger partial charge in [-0.25, -0.2) is 0 Å². The van der Waals surface area contributed by atoms with Gasteiger partial charge in [0.15, 0.2) is 0 Å². The Morgan fingerprint density at radius 3 is 2.32 bits per heavy atom. The average molecular weight is 336 g/mol. The molecule has 1 N–H and O–H groups in total. The lowest BCUT2D eigenvalue weighted by atomic mass is 9.95. The smallest absolute Gasteiger partial charge is 0.253 e. The van der Waals surface area contributed by atoms with E-state index in [0.717, 1.165) is 11.3 Å². The van der Waals surface area contributed by atoms with E-state index in [1.165, 1.54) is 5.56 Å². The molecule has 0 atom stereocenters. The minimum absolute atomic E-state index is 0.0419. The number of likely N-dealkylation sites (tertiary alicyclic amines) is 1. The summed E-state index contributed by atoms with van der Waals surface area (Å²) in [7, 11) is 0. The van der Waals surface area contributed by atoms with Gasteiger partial charge in [0.25, 0.3) is 5.91 Å². The summed E-state index contributed by atoms with van der Waals surface area (Å²) in [6.45, 7) is 5.31. The number of anilines is 1. The highest BCUT2D eigenvalue weighted by Crippen LogP contribution is 2.23. The number of piperidine rings is 1. The lowest BCUT2D eigenvalue weighted by Crippen LogP contribution is -2.41. The summed E-state index contributed by atoms with van der Waals surface area (Å²) in [6, 6.07) is 15.3. The highest BCUT2D eigenvalue weighted by molar-refractivity contribution is 5.95. The van der Waals surface area contributed by atoms with Gasteiger partial charge in [-0.2, -0.15) is 0 Å². The van der Waals surface area contributed by atoms with Gasteiger partial charge in [0.2, 0.25) is 5.91 Å². The Bertz CT molecular complexity index is 763. The van der Waals surface area contributed by atoms with Gasteiger partial charge in [-0.3, -0.25) is 9.59 Å². The largest absolute Gasteiger partial charge is 0.339 e. The van der Waals surface area contributed by atoms with E-state index >= 15 is 0 Å². The Hall–Kier alpha value is -2.62. The first-order valence-electron chi connectivity index (χ1n) is 8.77. The summed E-state index contributed by atoms with van der Waals surface area (Å²) in [5.41, 5.74) is 3.86. The van der Waals surface area contributed by atoms with E-state index in [0.29, 0.717) is 31.5 Å². The van der Waals surface area contributed by atoms with Gasteiger partial charge >= 0.3 is 0 Å². The highest BCUT2D eigenvalue weighted by Gasteiger charge is 2.28. The fourth-order valence-corrected chi connectivity index (χ4v) is 3.23. The Morgan fingerprint density at radius 2 is 1.64 bits per heavy atom. The van der Waals surface area contributed by atoms with E-state index < -0.39 is 0 Å². The molecule has 4 nitrogen and oxygen atoms in total. The van der Waals surface area contributed by atoms with Crippen molar-refractivity contribution < 1.29 is 9.59 Å². The lowest BCUT2D eigenvalue weighted by Gasteiger charge is -2.31. The van der Waals surface area contributed by atoms with Crippen LogP contribution in [0, 0.1) is 19.8 Å². The quantitative estimate of drug-likeness (QED) is 0.927. The molecule has 1 fully saturated rings. The van der Waals surface area contributed by atoms with Gasteiger partial charge in [-0.1, -0.05) is 30.3 Å². The van der Waals surface area contributed by atoms with Crippen molar-refractivity contribution in [3.8, 4) is 0 Å². The Labute approximate surface area is 148 Å². The Morgan fingerprint density at radius 1 is 0.960 bits per heavy atom. The van der Waals surface area contributed by atoms with Gasteiger partial charge in [0, 0.05) is 30.3 Å². The van der Waals surface area contributed by atoms with Crippen molar-refractivity contribution in [1.29, 1.82) is 0 Å². The van der Waals surface area contributed by atoms with Gasteiger partial charge in [0.05, 0.1) is 0 Å². The molecular weight excluding hydrogens is 312 g/mol. The third-order valence-electron chi connectivity index (χ3n) is 5.04. The van der Waals surface area contributed by atoms with Crippen LogP contribution in [0.15, 0.2) is 48.5 Å². The number of nitrogens with one attached hydrogen (secondary N) is 1. The second-order valence-corrected chi connectivity index (χ2v) is 6.67. The third kappa shape index (κ3) is 3.90. The number of amides is 2. The van der Waals surface area contributed by atoms with Crippen LogP contribution in [0.5, 0.6) is 0 Å². The van der Waals surface area contributed by atoms with E-state index in [1.807, 2.05) is 67.3 Å². The van der Waals surface area contributed by atoms with Gasteiger partial charge in [-0.15, -0.1) is 0 Å². The molecule has 0 spiro atoms. The zero-order valence-electron chi connectivity index (χ0n) is 14.8. The number of rotatable bonds is 3. The molecule has 0 unspecified atom stereocenters. The van der Waals surface area contributed by atoms with Gasteiger partial charge in [-0.05, 0) is 56.0 Å². The molecule has 0 radical (unpaired) electrons. The lowest BCUT2D eigenvalue weighted by molar-refractivity contribution is -0.121. The normalized spacial score (nSPS) is 15.0. The monoisotopic (exact) mass is 336 g/mol. The molecule has 1 saturated heterocycles. The van der Waals surface area contributed by atoms with Crippen molar-refractivity contribution in [2.45, 2.75) is 26.7 Å². The van der Waals surface area contributed by atoms with E-state index in [9.17, 15) is 9.59 Å². The molecule has 130 valence electrons. The summed E-state index contributed by atoms with van der Waals surface area (Å²) >= 11 is 0. The number of hydrogen-bond donors (Lipinski definition) is 1. The SMILES string of the molecule is Cc1cccc(NC(=O)C2CCN(C(=O)c3ccccc3)CC2)c1C. The summed E-state index contributed by atoms with van der Waals surface area (Å²) in [6.07, 6.45) is 1.41. The molecule has 0 aliphatic carbocycles. The van der Waals surface area contributed by atoms with Crippen LogP contribution in [0.3, 0.4) is 0 Å².